The number of hydrogen-bond donors (Lipinski definition) is 2. The first-order valence-electron chi connectivity index (χ1n) is 4.94. The van der Waals surface area contributed by atoms with Crippen LogP contribution in [-0.4, -0.2) is 34.5 Å². The number of aliphatic hydroxyl groups is 1. The van der Waals surface area contributed by atoms with Gasteiger partial charge < -0.3 is 14.9 Å². The van der Waals surface area contributed by atoms with E-state index in [0.717, 1.165) is 0 Å². The Balaban J connectivity index is 3.90. The van der Waals surface area contributed by atoms with Crippen molar-refractivity contribution in [3.8, 4) is 0 Å². The van der Waals surface area contributed by atoms with E-state index in [1.807, 2.05) is 20.8 Å². The standard InChI is InChI=1S/C11H20O4/c1-8(10(13)14)5-6-9(12)7-15-11(2,3)4/h5,9,12H,6-7H2,1-4H3,(H,13,14). The summed E-state index contributed by atoms with van der Waals surface area (Å²) in [5.41, 5.74) is -0.0446. The Morgan fingerprint density at radius 2 is 2.00 bits per heavy atom. The van der Waals surface area contributed by atoms with Gasteiger partial charge in [-0.2, -0.15) is 0 Å². The summed E-state index contributed by atoms with van der Waals surface area (Å²) < 4.78 is 5.36. The first-order chi connectivity index (χ1) is 6.72. The van der Waals surface area contributed by atoms with Crippen molar-refractivity contribution >= 4 is 5.97 Å². The maximum absolute atomic E-state index is 10.4. The molecule has 88 valence electrons. The number of carboxylic acids is 1. The van der Waals surface area contributed by atoms with Gasteiger partial charge in [0, 0.05) is 5.57 Å². The maximum Gasteiger partial charge on any atom is 0.330 e. The van der Waals surface area contributed by atoms with Crippen molar-refractivity contribution in [1.29, 1.82) is 0 Å². The fourth-order valence-electron chi connectivity index (χ4n) is 0.814. The molecule has 0 aromatic carbocycles. The molecule has 0 aliphatic carbocycles. The van der Waals surface area contributed by atoms with Gasteiger partial charge in [0.1, 0.15) is 0 Å². The van der Waals surface area contributed by atoms with E-state index in [9.17, 15) is 9.90 Å². The van der Waals surface area contributed by atoms with Crippen LogP contribution in [0, 0.1) is 0 Å². The molecule has 0 aromatic heterocycles. The molecule has 0 spiro atoms. The number of aliphatic carboxylic acids is 1. The van der Waals surface area contributed by atoms with Crippen molar-refractivity contribution in [2.45, 2.75) is 45.8 Å². The summed E-state index contributed by atoms with van der Waals surface area (Å²) in [5, 5.41) is 18.1. The largest absolute Gasteiger partial charge is 0.478 e. The molecule has 4 nitrogen and oxygen atoms in total. The molecule has 0 saturated carbocycles. The van der Waals surface area contributed by atoms with E-state index in [4.69, 9.17) is 9.84 Å². The molecule has 0 rings (SSSR count). The van der Waals surface area contributed by atoms with Gasteiger partial charge in [0.2, 0.25) is 0 Å². The topological polar surface area (TPSA) is 66.8 Å². The fourth-order valence-corrected chi connectivity index (χ4v) is 0.814. The second kappa shape index (κ2) is 5.88. The van der Waals surface area contributed by atoms with Gasteiger partial charge in [-0.3, -0.25) is 0 Å². The van der Waals surface area contributed by atoms with Crippen LogP contribution >= 0.6 is 0 Å². The molecule has 0 amide bonds. The minimum Gasteiger partial charge on any atom is -0.478 e. The Hall–Kier alpha value is -0.870. The van der Waals surface area contributed by atoms with Crippen molar-refractivity contribution in [3.05, 3.63) is 11.6 Å². The van der Waals surface area contributed by atoms with E-state index in [-0.39, 0.29) is 17.8 Å². The lowest BCUT2D eigenvalue weighted by Crippen LogP contribution is -2.25. The third kappa shape index (κ3) is 8.15. The van der Waals surface area contributed by atoms with Crippen LogP contribution in [0.15, 0.2) is 11.6 Å². The molecule has 0 heterocycles. The number of aliphatic hydroxyl groups excluding tert-OH is 1. The summed E-state index contributed by atoms with van der Waals surface area (Å²) >= 11 is 0. The lowest BCUT2D eigenvalue weighted by molar-refractivity contribution is -0.132. The molecule has 0 saturated heterocycles. The van der Waals surface area contributed by atoms with Crippen molar-refractivity contribution in [1.82, 2.24) is 0 Å². The highest BCUT2D eigenvalue weighted by atomic mass is 16.5. The Morgan fingerprint density at radius 3 is 2.40 bits per heavy atom. The van der Waals surface area contributed by atoms with E-state index in [1.165, 1.54) is 13.0 Å². The first kappa shape index (κ1) is 14.1. The molecule has 0 radical (unpaired) electrons. The lowest BCUT2D eigenvalue weighted by Gasteiger charge is -2.21. The molecular formula is C11H20O4. The second-order valence-corrected chi connectivity index (χ2v) is 4.51. The van der Waals surface area contributed by atoms with E-state index in [2.05, 4.69) is 0 Å². The molecule has 1 unspecified atom stereocenters. The summed E-state index contributed by atoms with van der Waals surface area (Å²) in [6.07, 6.45) is 1.14. The average Bonchev–Trinajstić information content (AvgIpc) is 2.09. The van der Waals surface area contributed by atoms with E-state index < -0.39 is 12.1 Å². The zero-order valence-corrected chi connectivity index (χ0v) is 9.78. The van der Waals surface area contributed by atoms with Crippen LogP contribution in [0.1, 0.15) is 34.1 Å². The Bertz CT molecular complexity index is 237. The van der Waals surface area contributed by atoms with E-state index >= 15 is 0 Å². The lowest BCUT2D eigenvalue weighted by atomic mass is 10.1. The van der Waals surface area contributed by atoms with Crippen LogP contribution in [-0.2, 0) is 9.53 Å². The SMILES string of the molecule is CC(=CCC(O)COC(C)(C)C)C(=O)O. The van der Waals surface area contributed by atoms with Gasteiger partial charge in [-0.05, 0) is 34.1 Å². The number of ether oxygens (including phenoxy) is 1. The minimum atomic E-state index is -0.959. The molecule has 4 heteroatoms. The van der Waals surface area contributed by atoms with Gasteiger partial charge >= 0.3 is 5.97 Å². The summed E-state index contributed by atoms with van der Waals surface area (Å²) in [7, 11) is 0. The zero-order valence-electron chi connectivity index (χ0n) is 9.78. The van der Waals surface area contributed by atoms with Gasteiger partial charge in [0.05, 0.1) is 18.3 Å². The molecule has 1 atom stereocenters. The molecule has 15 heavy (non-hydrogen) atoms. The zero-order chi connectivity index (χ0) is 12.1. The van der Waals surface area contributed by atoms with E-state index in [0.29, 0.717) is 6.42 Å². The van der Waals surface area contributed by atoms with Gasteiger partial charge in [-0.1, -0.05) is 6.08 Å². The molecule has 0 fully saturated rings. The number of carbonyl (C=O) groups is 1. The fraction of sp³-hybridized carbons (Fsp3) is 0.727. The summed E-state index contributed by atoms with van der Waals surface area (Å²) in [5.74, 6) is -0.959. The summed E-state index contributed by atoms with van der Waals surface area (Å²) in [6.45, 7) is 7.42. The van der Waals surface area contributed by atoms with Crippen LogP contribution < -0.4 is 0 Å². The normalized spacial score (nSPS) is 15.1. The number of carboxylic acid groups (broad SMARTS) is 1. The van der Waals surface area contributed by atoms with Crippen molar-refractivity contribution in [2.24, 2.45) is 0 Å². The molecular weight excluding hydrogens is 196 g/mol. The highest BCUT2D eigenvalue weighted by molar-refractivity contribution is 5.85. The van der Waals surface area contributed by atoms with Crippen LogP contribution in [0.3, 0.4) is 0 Å². The van der Waals surface area contributed by atoms with Crippen LogP contribution in [0.5, 0.6) is 0 Å². The molecule has 0 aromatic rings. The number of rotatable bonds is 5. The first-order valence-corrected chi connectivity index (χ1v) is 4.94. The van der Waals surface area contributed by atoms with Gasteiger partial charge in [0.25, 0.3) is 0 Å². The maximum atomic E-state index is 10.4. The predicted octanol–water partition coefficient (Wildman–Crippen LogP) is 1.58. The van der Waals surface area contributed by atoms with Crippen molar-refractivity contribution in [3.63, 3.8) is 0 Å². The van der Waals surface area contributed by atoms with E-state index in [1.54, 1.807) is 0 Å². The van der Waals surface area contributed by atoms with Crippen LogP contribution in [0.25, 0.3) is 0 Å². The van der Waals surface area contributed by atoms with Gasteiger partial charge in [0.15, 0.2) is 0 Å². The minimum absolute atomic E-state index is 0.215. The highest BCUT2D eigenvalue weighted by Crippen LogP contribution is 2.09. The van der Waals surface area contributed by atoms with Crippen molar-refractivity contribution < 1.29 is 19.7 Å². The highest BCUT2D eigenvalue weighted by Gasteiger charge is 2.13. The smallest absolute Gasteiger partial charge is 0.330 e. The molecule has 0 bridgehead atoms. The summed E-state index contributed by atoms with van der Waals surface area (Å²) in [4.78, 5) is 10.4. The predicted molar refractivity (Wildman–Crippen MR) is 57.7 cm³/mol. The van der Waals surface area contributed by atoms with Crippen molar-refractivity contribution in [2.75, 3.05) is 6.61 Å². The van der Waals surface area contributed by atoms with Crippen LogP contribution in [0.4, 0.5) is 0 Å². The Kier molecular flexibility index (Phi) is 5.54. The summed E-state index contributed by atoms with van der Waals surface area (Å²) in [6, 6.07) is 0. The average molecular weight is 216 g/mol. The van der Waals surface area contributed by atoms with Gasteiger partial charge in [-0.25, -0.2) is 4.79 Å². The molecule has 0 aliphatic heterocycles. The van der Waals surface area contributed by atoms with Gasteiger partial charge in [-0.15, -0.1) is 0 Å². The molecule has 0 aliphatic rings. The Morgan fingerprint density at radius 1 is 1.47 bits per heavy atom. The Labute approximate surface area is 90.6 Å². The quantitative estimate of drug-likeness (QED) is 0.685. The second-order valence-electron chi connectivity index (χ2n) is 4.51. The molecule has 2 N–H and O–H groups in total. The van der Waals surface area contributed by atoms with Crippen LogP contribution in [0.2, 0.25) is 0 Å². The third-order valence-electron chi connectivity index (χ3n) is 1.74. The third-order valence-corrected chi connectivity index (χ3v) is 1.74. The number of hydrogen-bond acceptors (Lipinski definition) is 3. The monoisotopic (exact) mass is 216 g/mol.